The Bertz CT molecular complexity index is 1120. The van der Waals surface area contributed by atoms with Gasteiger partial charge in [-0.25, -0.2) is 0 Å². The second-order valence-electron chi connectivity index (χ2n) is 16.6. The van der Waals surface area contributed by atoms with Gasteiger partial charge in [-0.2, -0.15) is 0 Å². The molecule has 58 heavy (non-hydrogen) atoms. The number of nitrogens with zero attached hydrogens (tertiary/aromatic N) is 2. The number of carbonyl (C=O) groups is 4. The SMILES string of the molecule is CCCCCCCC/C=C\CCCCCCCC(=O)NCC(NC(=O)CCCCCCC/C=C\CCCCCCCC)C(=O)NCC/N=C\C1CCCN1C(=O)CC. The van der Waals surface area contributed by atoms with Crippen molar-refractivity contribution >= 4 is 29.8 Å². The molecule has 0 radical (unpaired) electrons. The molecule has 1 rings (SSSR count). The smallest absolute Gasteiger partial charge is 0.244 e. The van der Waals surface area contributed by atoms with Crippen LogP contribution in [0.4, 0.5) is 0 Å². The lowest BCUT2D eigenvalue weighted by molar-refractivity contribution is -0.130. The van der Waals surface area contributed by atoms with Crippen molar-refractivity contribution in [3.63, 3.8) is 0 Å². The first kappa shape index (κ1) is 53.0. The van der Waals surface area contributed by atoms with E-state index in [-0.39, 0.29) is 36.2 Å². The topological polar surface area (TPSA) is 120 Å². The Morgan fingerprint density at radius 3 is 1.57 bits per heavy atom. The first-order valence-corrected chi connectivity index (χ1v) is 24.4. The number of rotatable bonds is 39. The molecule has 334 valence electrons. The van der Waals surface area contributed by atoms with Crippen LogP contribution >= 0.6 is 0 Å². The van der Waals surface area contributed by atoms with E-state index in [1.165, 1.54) is 109 Å². The highest BCUT2D eigenvalue weighted by atomic mass is 16.2. The van der Waals surface area contributed by atoms with E-state index in [4.69, 9.17) is 0 Å². The third-order valence-electron chi connectivity index (χ3n) is 11.2. The van der Waals surface area contributed by atoms with E-state index in [2.05, 4.69) is 59.1 Å². The minimum Gasteiger partial charge on any atom is -0.353 e. The van der Waals surface area contributed by atoms with Crippen LogP contribution in [0.5, 0.6) is 0 Å². The number of carbonyl (C=O) groups excluding carboxylic acids is 4. The van der Waals surface area contributed by atoms with Crippen molar-refractivity contribution < 1.29 is 19.2 Å². The molecule has 4 amide bonds. The highest BCUT2D eigenvalue weighted by Crippen LogP contribution is 2.17. The van der Waals surface area contributed by atoms with Gasteiger partial charge in [0.15, 0.2) is 0 Å². The molecule has 9 heteroatoms. The van der Waals surface area contributed by atoms with Gasteiger partial charge in [0.05, 0.1) is 12.6 Å². The number of likely N-dealkylation sites (tertiary alicyclic amines) is 1. The van der Waals surface area contributed by atoms with Crippen molar-refractivity contribution in [2.24, 2.45) is 4.99 Å². The summed E-state index contributed by atoms with van der Waals surface area (Å²) < 4.78 is 0. The summed E-state index contributed by atoms with van der Waals surface area (Å²) in [5.41, 5.74) is 0. The van der Waals surface area contributed by atoms with Gasteiger partial charge in [0.2, 0.25) is 23.6 Å². The molecule has 0 aliphatic carbocycles. The van der Waals surface area contributed by atoms with E-state index >= 15 is 0 Å². The standard InChI is InChI=1S/C49H89N5O4/c1-4-7-9-11-13-15-17-19-21-23-25-27-29-31-33-37-46(55)52-43-45(49(58)51-40-39-50-42-44-36-35-41-54(44)48(57)6-3)53-47(56)38-34-32-30-28-26-24-22-20-18-16-14-12-10-8-5-2/h19-22,42,44-45H,4-18,23-41,43H2,1-3H3,(H,51,58)(H,52,55)(H,53,56)/b21-19-,22-20-,50-42-. The number of hydrogen-bond donors (Lipinski definition) is 3. The molecule has 1 aliphatic rings. The predicted molar refractivity (Wildman–Crippen MR) is 245 cm³/mol. The zero-order chi connectivity index (χ0) is 42.2. The maximum Gasteiger partial charge on any atom is 0.244 e. The Morgan fingerprint density at radius 1 is 0.603 bits per heavy atom. The molecule has 0 aromatic carbocycles. The summed E-state index contributed by atoms with van der Waals surface area (Å²) in [5, 5.41) is 8.69. The van der Waals surface area contributed by atoms with Gasteiger partial charge in [-0.05, 0) is 77.0 Å². The summed E-state index contributed by atoms with van der Waals surface area (Å²) in [4.78, 5) is 57.4. The van der Waals surface area contributed by atoms with E-state index < -0.39 is 6.04 Å². The summed E-state index contributed by atoms with van der Waals surface area (Å²) in [7, 11) is 0. The largest absolute Gasteiger partial charge is 0.353 e. The number of aliphatic imine (C=N–C) groups is 1. The molecule has 1 saturated heterocycles. The lowest BCUT2D eigenvalue weighted by atomic mass is 10.1. The average molecular weight is 812 g/mol. The average Bonchev–Trinajstić information content (AvgIpc) is 3.70. The Morgan fingerprint density at radius 2 is 1.07 bits per heavy atom. The number of allylic oxidation sites excluding steroid dienone is 4. The highest BCUT2D eigenvalue weighted by molar-refractivity contribution is 5.88. The minimum absolute atomic E-state index is 0.0173. The molecule has 3 N–H and O–H groups in total. The van der Waals surface area contributed by atoms with E-state index in [9.17, 15) is 19.2 Å². The van der Waals surface area contributed by atoms with Gasteiger partial charge in [0, 0.05) is 45.1 Å². The molecule has 1 fully saturated rings. The Balaban J connectivity index is 2.37. The molecule has 2 atom stereocenters. The molecule has 1 heterocycles. The fraction of sp³-hybridized carbons (Fsp3) is 0.816. The summed E-state index contributed by atoms with van der Waals surface area (Å²) in [6, 6.07) is -0.825. The third kappa shape index (κ3) is 31.0. The van der Waals surface area contributed by atoms with Crippen LogP contribution < -0.4 is 16.0 Å². The van der Waals surface area contributed by atoms with Crippen LogP contribution in [0.25, 0.3) is 0 Å². The van der Waals surface area contributed by atoms with Crippen LogP contribution in [0.2, 0.25) is 0 Å². The van der Waals surface area contributed by atoms with Crippen LogP contribution in [0.3, 0.4) is 0 Å². The molecule has 0 bridgehead atoms. The zero-order valence-electron chi connectivity index (χ0n) is 37.8. The molecule has 0 aromatic heterocycles. The molecule has 1 aliphatic heterocycles. The van der Waals surface area contributed by atoms with E-state index in [1.807, 2.05) is 18.0 Å². The van der Waals surface area contributed by atoms with Crippen molar-refractivity contribution in [1.82, 2.24) is 20.9 Å². The third-order valence-corrected chi connectivity index (χ3v) is 11.2. The molecular formula is C49H89N5O4. The monoisotopic (exact) mass is 812 g/mol. The first-order chi connectivity index (χ1) is 28.4. The summed E-state index contributed by atoms with van der Waals surface area (Å²) >= 11 is 0. The van der Waals surface area contributed by atoms with Gasteiger partial charge in [-0.3, -0.25) is 24.2 Å². The Hall–Kier alpha value is -2.97. The normalized spacial score (nSPS) is 14.9. The van der Waals surface area contributed by atoms with Gasteiger partial charge >= 0.3 is 0 Å². The van der Waals surface area contributed by atoms with Crippen LogP contribution in [0.15, 0.2) is 29.3 Å². The van der Waals surface area contributed by atoms with E-state index in [0.29, 0.717) is 32.4 Å². The Labute approximate surface area is 356 Å². The number of hydrogen-bond acceptors (Lipinski definition) is 5. The van der Waals surface area contributed by atoms with Crippen molar-refractivity contribution in [2.45, 2.75) is 232 Å². The van der Waals surface area contributed by atoms with E-state index in [0.717, 1.165) is 77.2 Å². The lowest BCUT2D eigenvalue weighted by Crippen LogP contribution is -2.53. The number of unbranched alkanes of at least 4 members (excludes halogenated alkanes) is 22. The fourth-order valence-electron chi connectivity index (χ4n) is 7.52. The molecular weight excluding hydrogens is 723 g/mol. The summed E-state index contributed by atoms with van der Waals surface area (Å²) in [5.74, 6) is -0.432. The van der Waals surface area contributed by atoms with Gasteiger partial charge in [0.1, 0.15) is 6.04 Å². The lowest BCUT2D eigenvalue weighted by Gasteiger charge is -2.21. The van der Waals surface area contributed by atoms with Crippen molar-refractivity contribution in [2.75, 3.05) is 26.2 Å². The second kappa shape index (κ2) is 39.5. The molecule has 9 nitrogen and oxygen atoms in total. The second-order valence-corrected chi connectivity index (χ2v) is 16.6. The van der Waals surface area contributed by atoms with Crippen LogP contribution in [-0.4, -0.2) is 73.0 Å². The molecule has 0 aromatic rings. The van der Waals surface area contributed by atoms with E-state index in [1.54, 1.807) is 0 Å². The zero-order valence-corrected chi connectivity index (χ0v) is 37.8. The quantitative estimate of drug-likeness (QED) is 0.0325. The summed E-state index contributed by atoms with van der Waals surface area (Å²) in [6.07, 6.45) is 45.6. The van der Waals surface area contributed by atoms with Gasteiger partial charge < -0.3 is 20.9 Å². The minimum atomic E-state index is -0.842. The highest BCUT2D eigenvalue weighted by Gasteiger charge is 2.26. The first-order valence-electron chi connectivity index (χ1n) is 24.4. The maximum absolute atomic E-state index is 13.2. The molecule has 2 unspecified atom stereocenters. The molecule has 0 saturated carbocycles. The molecule has 0 spiro atoms. The Kier molecular flexibility index (Phi) is 36.1. The van der Waals surface area contributed by atoms with Crippen LogP contribution in [0.1, 0.15) is 220 Å². The van der Waals surface area contributed by atoms with Gasteiger partial charge in [-0.1, -0.05) is 148 Å². The van der Waals surface area contributed by atoms with Crippen molar-refractivity contribution in [1.29, 1.82) is 0 Å². The van der Waals surface area contributed by atoms with Crippen molar-refractivity contribution in [3.8, 4) is 0 Å². The summed E-state index contributed by atoms with van der Waals surface area (Å²) in [6.45, 7) is 7.91. The van der Waals surface area contributed by atoms with Crippen LogP contribution in [-0.2, 0) is 19.2 Å². The van der Waals surface area contributed by atoms with Crippen LogP contribution in [0, 0.1) is 0 Å². The van der Waals surface area contributed by atoms with Gasteiger partial charge in [-0.15, -0.1) is 0 Å². The predicted octanol–water partition coefficient (Wildman–Crippen LogP) is 11.3. The maximum atomic E-state index is 13.2. The fourth-order valence-corrected chi connectivity index (χ4v) is 7.52. The van der Waals surface area contributed by atoms with Gasteiger partial charge in [0.25, 0.3) is 0 Å². The van der Waals surface area contributed by atoms with Crippen molar-refractivity contribution in [3.05, 3.63) is 24.3 Å². The number of amides is 4. The number of nitrogens with one attached hydrogen (secondary N) is 3.